The molecule has 1 aliphatic carbocycles. The van der Waals surface area contributed by atoms with Gasteiger partial charge in [-0.2, -0.15) is 0 Å². The van der Waals surface area contributed by atoms with Gasteiger partial charge >= 0.3 is 0 Å². The summed E-state index contributed by atoms with van der Waals surface area (Å²) in [5, 5.41) is 6.67. The van der Waals surface area contributed by atoms with E-state index in [0.29, 0.717) is 18.0 Å². The number of benzene rings is 1. The lowest BCUT2D eigenvalue weighted by molar-refractivity contribution is -0.142. The van der Waals surface area contributed by atoms with Crippen LogP contribution in [0.4, 0.5) is 0 Å². The molecule has 7 heteroatoms. The Morgan fingerprint density at radius 3 is 2.60 bits per heavy atom. The number of hydrogen-bond acceptors (Lipinski definition) is 4. The number of carbonyl (C=O) groups excluding carboxylic acids is 2. The summed E-state index contributed by atoms with van der Waals surface area (Å²) in [6.07, 6.45) is 6.54. The monoisotopic (exact) mass is 445 g/mol. The second-order valence-electron chi connectivity index (χ2n) is 8.19. The summed E-state index contributed by atoms with van der Waals surface area (Å²) in [5.74, 6) is -0.131. The first-order chi connectivity index (χ1) is 14.6. The largest absolute Gasteiger partial charge is 0.355 e. The maximum absolute atomic E-state index is 12.9. The number of nitrogens with one attached hydrogen (secondary N) is 1. The predicted octanol–water partition coefficient (Wildman–Crippen LogP) is 4.55. The molecule has 1 N–H and O–H groups in total. The molecular formula is C23H28ClN3O2S. The Labute approximate surface area is 186 Å². The molecule has 1 aromatic carbocycles. The lowest BCUT2D eigenvalue weighted by Crippen LogP contribution is -2.45. The van der Waals surface area contributed by atoms with Gasteiger partial charge in [-0.05, 0) is 31.7 Å². The Morgan fingerprint density at radius 2 is 1.83 bits per heavy atom. The van der Waals surface area contributed by atoms with Crippen LogP contribution in [0.25, 0.3) is 10.6 Å². The van der Waals surface area contributed by atoms with Gasteiger partial charge in [-0.15, -0.1) is 11.3 Å². The van der Waals surface area contributed by atoms with E-state index in [2.05, 4.69) is 10.3 Å². The van der Waals surface area contributed by atoms with Gasteiger partial charge in [0.05, 0.1) is 10.7 Å². The highest BCUT2D eigenvalue weighted by atomic mass is 35.5. The second kappa shape index (κ2) is 9.92. The Balaban J connectivity index is 1.32. The first kappa shape index (κ1) is 21.3. The molecule has 4 rings (SSSR count). The minimum atomic E-state index is -0.194. The zero-order chi connectivity index (χ0) is 20.9. The van der Waals surface area contributed by atoms with Crippen LogP contribution in [0.5, 0.6) is 0 Å². The number of halogens is 1. The van der Waals surface area contributed by atoms with Crippen molar-refractivity contribution in [1.29, 1.82) is 0 Å². The van der Waals surface area contributed by atoms with E-state index >= 15 is 0 Å². The number of carbonyl (C=O) groups is 2. The summed E-state index contributed by atoms with van der Waals surface area (Å²) in [7, 11) is 0. The third-order valence-corrected chi connectivity index (χ3v) is 7.43. The summed E-state index contributed by atoms with van der Waals surface area (Å²) >= 11 is 7.83. The summed E-state index contributed by atoms with van der Waals surface area (Å²) in [6.45, 7) is 2.23. The normalized spacial score (nSPS) is 21.6. The van der Waals surface area contributed by atoms with Gasteiger partial charge in [0.25, 0.3) is 0 Å². The van der Waals surface area contributed by atoms with Crippen LogP contribution < -0.4 is 5.32 Å². The number of likely N-dealkylation sites (tertiary alicyclic amines) is 1. The fraction of sp³-hybridized carbons (Fsp3) is 0.522. The maximum Gasteiger partial charge on any atom is 0.226 e. The van der Waals surface area contributed by atoms with Crippen LogP contribution in [0.3, 0.4) is 0 Å². The molecule has 2 aliphatic rings. The Morgan fingerprint density at radius 1 is 1.10 bits per heavy atom. The lowest BCUT2D eigenvalue weighted by Gasteiger charge is -2.32. The van der Waals surface area contributed by atoms with Crippen molar-refractivity contribution in [1.82, 2.24) is 15.2 Å². The molecule has 0 bridgehead atoms. The summed E-state index contributed by atoms with van der Waals surface area (Å²) in [6, 6.07) is 7.69. The van der Waals surface area contributed by atoms with E-state index < -0.39 is 0 Å². The molecule has 0 unspecified atom stereocenters. The van der Waals surface area contributed by atoms with E-state index in [1.165, 1.54) is 0 Å². The first-order valence-electron chi connectivity index (χ1n) is 10.9. The van der Waals surface area contributed by atoms with Crippen LogP contribution in [-0.4, -0.2) is 41.3 Å². The molecule has 1 saturated carbocycles. The van der Waals surface area contributed by atoms with Gasteiger partial charge in [0.1, 0.15) is 5.01 Å². The zero-order valence-electron chi connectivity index (χ0n) is 17.1. The summed E-state index contributed by atoms with van der Waals surface area (Å²) in [4.78, 5) is 32.4. The quantitative estimate of drug-likeness (QED) is 0.709. The third kappa shape index (κ3) is 4.86. The van der Waals surface area contributed by atoms with Crippen LogP contribution in [0, 0.1) is 11.8 Å². The molecule has 5 nitrogen and oxygen atoms in total. The molecule has 1 aliphatic heterocycles. The molecule has 2 amide bonds. The molecule has 2 aromatic rings. The van der Waals surface area contributed by atoms with Crippen LogP contribution in [0.15, 0.2) is 29.6 Å². The molecule has 0 radical (unpaired) electrons. The van der Waals surface area contributed by atoms with Gasteiger partial charge in [0.15, 0.2) is 0 Å². The smallest absolute Gasteiger partial charge is 0.226 e. The van der Waals surface area contributed by atoms with E-state index in [1.54, 1.807) is 11.3 Å². The number of nitrogens with zero attached hydrogens (tertiary/aromatic N) is 2. The third-order valence-electron chi connectivity index (χ3n) is 6.17. The van der Waals surface area contributed by atoms with Crippen LogP contribution >= 0.6 is 22.9 Å². The standard InChI is InChI=1S/C23H28ClN3O2S/c24-20-10-4-3-9-19(20)22-26-16(15-30-22)11-12-25-21(28)17-7-1-2-8-18(17)23(29)27-13-5-6-14-27/h3-4,9-10,15,17-18H,1-2,5-8,11-14H2,(H,25,28)/t17-,18-/m0/s1. The van der Waals surface area contributed by atoms with Crippen molar-refractivity contribution < 1.29 is 9.59 Å². The fourth-order valence-electron chi connectivity index (χ4n) is 4.54. The van der Waals surface area contributed by atoms with Crippen molar-refractivity contribution in [3.8, 4) is 10.6 Å². The van der Waals surface area contributed by atoms with E-state index in [1.807, 2.05) is 34.5 Å². The topological polar surface area (TPSA) is 62.3 Å². The van der Waals surface area contributed by atoms with Gasteiger partial charge in [-0.1, -0.05) is 42.6 Å². The molecule has 2 heterocycles. The molecule has 1 aromatic heterocycles. The summed E-state index contributed by atoms with van der Waals surface area (Å²) in [5.41, 5.74) is 1.88. The number of amides is 2. The van der Waals surface area contributed by atoms with Crippen LogP contribution in [0.1, 0.15) is 44.2 Å². The van der Waals surface area contributed by atoms with Gasteiger partial charge in [-0.25, -0.2) is 4.98 Å². The van der Waals surface area contributed by atoms with E-state index in [4.69, 9.17) is 11.6 Å². The fourth-order valence-corrected chi connectivity index (χ4v) is 5.71. The zero-order valence-corrected chi connectivity index (χ0v) is 18.7. The molecule has 1 saturated heterocycles. The molecule has 160 valence electrons. The number of hydrogen-bond donors (Lipinski definition) is 1. The van der Waals surface area contributed by atoms with Gasteiger partial charge in [0.2, 0.25) is 11.8 Å². The minimum absolute atomic E-state index is 0.0220. The minimum Gasteiger partial charge on any atom is -0.355 e. The van der Waals surface area contributed by atoms with Gasteiger partial charge in [-0.3, -0.25) is 9.59 Å². The average molecular weight is 446 g/mol. The van der Waals surface area contributed by atoms with E-state index in [0.717, 1.165) is 67.9 Å². The van der Waals surface area contributed by atoms with Crippen molar-refractivity contribution in [2.75, 3.05) is 19.6 Å². The van der Waals surface area contributed by atoms with E-state index in [9.17, 15) is 9.59 Å². The Bertz CT molecular complexity index is 894. The highest BCUT2D eigenvalue weighted by Gasteiger charge is 2.38. The number of aromatic nitrogens is 1. The second-order valence-corrected chi connectivity index (χ2v) is 9.46. The number of rotatable bonds is 6. The van der Waals surface area contributed by atoms with E-state index in [-0.39, 0.29) is 23.7 Å². The van der Waals surface area contributed by atoms with Crippen molar-refractivity contribution in [2.45, 2.75) is 44.9 Å². The Kier molecular flexibility index (Phi) is 7.05. The molecular weight excluding hydrogens is 418 g/mol. The highest BCUT2D eigenvalue weighted by molar-refractivity contribution is 7.13. The van der Waals surface area contributed by atoms with Crippen molar-refractivity contribution in [3.05, 3.63) is 40.4 Å². The highest BCUT2D eigenvalue weighted by Crippen LogP contribution is 2.33. The maximum atomic E-state index is 12.9. The van der Waals surface area contributed by atoms with Crippen molar-refractivity contribution >= 4 is 34.8 Å². The molecule has 30 heavy (non-hydrogen) atoms. The van der Waals surface area contributed by atoms with Crippen molar-refractivity contribution in [2.24, 2.45) is 11.8 Å². The Hall–Kier alpha value is -1.92. The first-order valence-corrected chi connectivity index (χ1v) is 12.1. The summed E-state index contributed by atoms with van der Waals surface area (Å²) < 4.78 is 0. The lowest BCUT2D eigenvalue weighted by atomic mass is 9.78. The van der Waals surface area contributed by atoms with Crippen LogP contribution in [-0.2, 0) is 16.0 Å². The predicted molar refractivity (Wildman–Crippen MR) is 121 cm³/mol. The molecule has 2 fully saturated rings. The molecule has 2 atom stereocenters. The van der Waals surface area contributed by atoms with Gasteiger partial charge in [0, 0.05) is 48.8 Å². The number of thiazole rings is 1. The molecule has 0 spiro atoms. The van der Waals surface area contributed by atoms with Crippen molar-refractivity contribution in [3.63, 3.8) is 0 Å². The van der Waals surface area contributed by atoms with Gasteiger partial charge < -0.3 is 10.2 Å². The average Bonchev–Trinajstić information content (AvgIpc) is 3.46. The SMILES string of the molecule is O=C(NCCc1csc(-c2ccccc2Cl)n1)[C@H]1CCCC[C@@H]1C(=O)N1CCCC1. The van der Waals surface area contributed by atoms with Crippen LogP contribution in [0.2, 0.25) is 5.02 Å².